The molecule has 0 aliphatic carbocycles. The fraction of sp³-hybridized carbons (Fsp3) is 0.273. The van der Waals surface area contributed by atoms with Gasteiger partial charge in [0.1, 0.15) is 5.15 Å². The molecule has 1 heterocycles. The highest BCUT2D eigenvalue weighted by molar-refractivity contribution is 9.10. The first-order valence-corrected chi connectivity index (χ1v) is 5.81. The summed E-state index contributed by atoms with van der Waals surface area (Å²) < 4.78 is 2.87. The molecule has 15 heavy (non-hydrogen) atoms. The number of hydrogen-bond donors (Lipinski definition) is 1. The molecular formula is C11H11BrClNO. The number of aryl methyl sites for hydroxylation is 1. The molecular weight excluding hydrogens is 277 g/mol. The number of nitrogens with zero attached hydrogens (tertiary/aromatic N) is 1. The quantitative estimate of drug-likeness (QED) is 0.851. The van der Waals surface area contributed by atoms with Gasteiger partial charge in [0.2, 0.25) is 0 Å². The first kappa shape index (κ1) is 11.0. The molecule has 2 nitrogen and oxygen atoms in total. The Hall–Kier alpha value is -0.510. The molecule has 1 N–H and O–H groups in total. The lowest BCUT2D eigenvalue weighted by atomic mass is 10.1. The van der Waals surface area contributed by atoms with E-state index in [4.69, 9.17) is 11.6 Å². The summed E-state index contributed by atoms with van der Waals surface area (Å²) >= 11 is 9.59. The first-order chi connectivity index (χ1) is 7.02. The normalized spacial score (nSPS) is 13.4. The molecule has 0 aliphatic heterocycles. The third kappa shape index (κ3) is 1.69. The second-order valence-electron chi connectivity index (χ2n) is 3.60. The molecule has 1 aromatic carbocycles. The zero-order valence-corrected chi connectivity index (χ0v) is 10.8. The maximum absolute atomic E-state index is 9.69. The van der Waals surface area contributed by atoms with E-state index in [1.807, 2.05) is 29.8 Å². The van der Waals surface area contributed by atoms with Gasteiger partial charge in [-0.05, 0) is 25.1 Å². The third-order valence-corrected chi connectivity index (χ3v) is 3.50. The largest absolute Gasteiger partial charge is 0.389 e. The third-order valence-electron chi connectivity index (χ3n) is 2.54. The molecule has 4 heteroatoms. The van der Waals surface area contributed by atoms with Crippen molar-refractivity contribution in [2.75, 3.05) is 0 Å². The number of fused-ring (bicyclic) bond motifs is 1. The lowest BCUT2D eigenvalue weighted by Gasteiger charge is -2.03. The number of halogens is 2. The number of aliphatic hydroxyl groups excluding tert-OH is 1. The van der Waals surface area contributed by atoms with Crippen molar-refractivity contribution < 1.29 is 5.11 Å². The van der Waals surface area contributed by atoms with Gasteiger partial charge in [0.05, 0.1) is 6.10 Å². The van der Waals surface area contributed by atoms with Crippen LogP contribution in [0.5, 0.6) is 0 Å². The molecule has 1 atom stereocenters. The number of rotatable bonds is 1. The Bertz CT molecular complexity index is 519. The monoisotopic (exact) mass is 287 g/mol. The highest BCUT2D eigenvalue weighted by Gasteiger charge is 2.17. The van der Waals surface area contributed by atoms with E-state index in [2.05, 4.69) is 15.9 Å². The standard InChI is InChI=1S/C11H11BrClNO/c1-6(15)10-8-5-7(12)3-4-9(8)14(2)11(10)13/h3-6,15H,1-2H3. The van der Waals surface area contributed by atoms with E-state index in [1.165, 1.54) is 0 Å². The van der Waals surface area contributed by atoms with Gasteiger partial charge in [-0.15, -0.1) is 0 Å². The van der Waals surface area contributed by atoms with Crippen LogP contribution in [0.4, 0.5) is 0 Å². The molecule has 0 spiro atoms. The van der Waals surface area contributed by atoms with Crippen molar-refractivity contribution in [2.24, 2.45) is 7.05 Å². The van der Waals surface area contributed by atoms with Gasteiger partial charge < -0.3 is 9.67 Å². The summed E-state index contributed by atoms with van der Waals surface area (Å²) in [6, 6.07) is 5.92. The van der Waals surface area contributed by atoms with Crippen LogP contribution in [0.1, 0.15) is 18.6 Å². The van der Waals surface area contributed by atoms with E-state index in [0.717, 1.165) is 20.9 Å². The van der Waals surface area contributed by atoms with E-state index in [-0.39, 0.29) is 0 Å². The average Bonchev–Trinajstić information content (AvgIpc) is 2.39. The van der Waals surface area contributed by atoms with E-state index in [9.17, 15) is 5.11 Å². The van der Waals surface area contributed by atoms with Crippen molar-refractivity contribution in [2.45, 2.75) is 13.0 Å². The first-order valence-electron chi connectivity index (χ1n) is 4.63. The van der Waals surface area contributed by atoms with Gasteiger partial charge in [-0.2, -0.15) is 0 Å². The Kier molecular flexibility index (Phi) is 2.79. The number of aromatic nitrogens is 1. The lowest BCUT2D eigenvalue weighted by Crippen LogP contribution is -1.91. The van der Waals surface area contributed by atoms with E-state index >= 15 is 0 Å². The maximum atomic E-state index is 9.69. The van der Waals surface area contributed by atoms with E-state index in [1.54, 1.807) is 6.92 Å². The SMILES string of the molecule is CC(O)c1c(Cl)n(C)c2ccc(Br)cc12. The molecule has 0 radical (unpaired) electrons. The van der Waals surface area contributed by atoms with Gasteiger partial charge in [0, 0.05) is 28.0 Å². The van der Waals surface area contributed by atoms with Crippen molar-refractivity contribution in [3.8, 4) is 0 Å². The second kappa shape index (κ2) is 3.81. The van der Waals surface area contributed by atoms with Crippen LogP contribution in [0.25, 0.3) is 10.9 Å². The maximum Gasteiger partial charge on any atom is 0.115 e. The summed E-state index contributed by atoms with van der Waals surface area (Å²) in [6.07, 6.45) is -0.560. The second-order valence-corrected chi connectivity index (χ2v) is 4.87. The Morgan fingerprint density at radius 1 is 1.47 bits per heavy atom. The Morgan fingerprint density at radius 2 is 2.13 bits per heavy atom. The molecule has 0 bridgehead atoms. The molecule has 1 unspecified atom stereocenters. The van der Waals surface area contributed by atoms with Crippen LogP contribution < -0.4 is 0 Å². The fourth-order valence-electron chi connectivity index (χ4n) is 1.81. The Morgan fingerprint density at radius 3 is 2.73 bits per heavy atom. The van der Waals surface area contributed by atoms with Gasteiger partial charge in [-0.25, -0.2) is 0 Å². The minimum absolute atomic E-state index is 0.560. The summed E-state index contributed by atoms with van der Waals surface area (Å²) in [5.74, 6) is 0. The number of aliphatic hydroxyl groups is 1. The molecule has 0 fully saturated rings. The van der Waals surface area contributed by atoms with Crippen LogP contribution >= 0.6 is 27.5 Å². The summed E-state index contributed by atoms with van der Waals surface area (Å²) in [5, 5.41) is 11.3. The Balaban J connectivity index is 2.88. The van der Waals surface area contributed by atoms with Crippen molar-refractivity contribution in [1.82, 2.24) is 4.57 Å². The topological polar surface area (TPSA) is 25.2 Å². The van der Waals surface area contributed by atoms with Crippen LogP contribution in [0.15, 0.2) is 22.7 Å². The lowest BCUT2D eigenvalue weighted by molar-refractivity contribution is 0.201. The van der Waals surface area contributed by atoms with E-state index in [0.29, 0.717) is 5.15 Å². The summed E-state index contributed by atoms with van der Waals surface area (Å²) in [6.45, 7) is 1.72. The van der Waals surface area contributed by atoms with Gasteiger partial charge in [0.15, 0.2) is 0 Å². The van der Waals surface area contributed by atoms with Crippen LogP contribution in [0.2, 0.25) is 5.15 Å². The van der Waals surface area contributed by atoms with Gasteiger partial charge in [-0.3, -0.25) is 0 Å². The molecule has 2 rings (SSSR count). The van der Waals surface area contributed by atoms with Gasteiger partial charge in [-0.1, -0.05) is 27.5 Å². The average molecular weight is 289 g/mol. The van der Waals surface area contributed by atoms with Crippen molar-refractivity contribution in [3.05, 3.63) is 33.4 Å². The smallest absolute Gasteiger partial charge is 0.115 e. The molecule has 0 saturated heterocycles. The summed E-state index contributed by atoms with van der Waals surface area (Å²) in [4.78, 5) is 0. The molecule has 2 aromatic rings. The van der Waals surface area contributed by atoms with Crippen LogP contribution in [-0.4, -0.2) is 9.67 Å². The van der Waals surface area contributed by atoms with Crippen LogP contribution in [0.3, 0.4) is 0 Å². The molecule has 0 saturated carbocycles. The summed E-state index contributed by atoms with van der Waals surface area (Å²) in [5.41, 5.74) is 1.81. The molecule has 0 amide bonds. The molecule has 0 aliphatic rings. The molecule has 1 aromatic heterocycles. The highest BCUT2D eigenvalue weighted by Crippen LogP contribution is 2.34. The predicted molar refractivity (Wildman–Crippen MR) is 66.3 cm³/mol. The highest BCUT2D eigenvalue weighted by atomic mass is 79.9. The molecule has 80 valence electrons. The van der Waals surface area contributed by atoms with Crippen molar-refractivity contribution >= 4 is 38.4 Å². The van der Waals surface area contributed by atoms with E-state index < -0.39 is 6.10 Å². The van der Waals surface area contributed by atoms with Crippen molar-refractivity contribution in [1.29, 1.82) is 0 Å². The Labute approximate surface area is 102 Å². The summed E-state index contributed by atoms with van der Waals surface area (Å²) in [7, 11) is 1.89. The zero-order valence-electron chi connectivity index (χ0n) is 8.46. The number of benzene rings is 1. The zero-order chi connectivity index (χ0) is 11.2. The van der Waals surface area contributed by atoms with Gasteiger partial charge >= 0.3 is 0 Å². The predicted octanol–water partition coefficient (Wildman–Crippen LogP) is 3.65. The number of hydrogen-bond acceptors (Lipinski definition) is 1. The van der Waals surface area contributed by atoms with Crippen molar-refractivity contribution in [3.63, 3.8) is 0 Å². The minimum atomic E-state index is -0.560. The van der Waals surface area contributed by atoms with Gasteiger partial charge in [0.25, 0.3) is 0 Å². The fourth-order valence-corrected chi connectivity index (χ4v) is 2.52. The minimum Gasteiger partial charge on any atom is -0.389 e. The van der Waals surface area contributed by atoms with Crippen LogP contribution in [0, 0.1) is 0 Å². The van der Waals surface area contributed by atoms with Crippen LogP contribution in [-0.2, 0) is 7.05 Å².